The van der Waals surface area contributed by atoms with Gasteiger partial charge in [-0.2, -0.15) is 5.26 Å². The molecule has 10 nitrogen and oxygen atoms in total. The van der Waals surface area contributed by atoms with Crippen LogP contribution in [0.1, 0.15) is 93.8 Å². The molecule has 1 aromatic carbocycles. The molecule has 4 aliphatic rings. The van der Waals surface area contributed by atoms with Crippen molar-refractivity contribution in [2.24, 2.45) is 0 Å². The van der Waals surface area contributed by atoms with E-state index in [-0.39, 0.29) is 36.4 Å². The average Bonchev–Trinajstić information content (AvgIpc) is 3.37. The van der Waals surface area contributed by atoms with E-state index in [1.54, 1.807) is 23.1 Å². The number of amides is 2. The Morgan fingerprint density at radius 3 is 2.24 bits per heavy atom. The summed E-state index contributed by atoms with van der Waals surface area (Å²) in [6.07, 6.45) is 7.14. The molecule has 2 amide bonds. The van der Waals surface area contributed by atoms with Crippen LogP contribution >= 0.6 is 11.6 Å². The van der Waals surface area contributed by atoms with Gasteiger partial charge in [0.25, 0.3) is 5.91 Å². The van der Waals surface area contributed by atoms with Crippen LogP contribution in [0.5, 0.6) is 5.75 Å². The summed E-state index contributed by atoms with van der Waals surface area (Å²) in [5.74, 6) is 1.67. The Kier molecular flexibility index (Phi) is 9.62. The van der Waals surface area contributed by atoms with E-state index in [1.807, 2.05) is 37.8 Å². The molecule has 1 aromatic heterocycles. The van der Waals surface area contributed by atoms with Crippen molar-refractivity contribution in [3.8, 4) is 11.8 Å². The number of piperidine rings is 2. The largest absolute Gasteiger partial charge is 0.490 e. The van der Waals surface area contributed by atoms with E-state index in [1.165, 1.54) is 0 Å². The Morgan fingerprint density at radius 2 is 1.61 bits per heavy atom. The van der Waals surface area contributed by atoms with Crippen LogP contribution < -0.4 is 9.64 Å². The van der Waals surface area contributed by atoms with Crippen molar-refractivity contribution < 1.29 is 23.8 Å². The Balaban J connectivity index is 0.950. The van der Waals surface area contributed by atoms with Crippen LogP contribution in [0, 0.1) is 11.3 Å². The SMILES string of the molecule is CC(C)(C)OC(=O)N1CCC(OC2CCN(c3ccc4c(n3)CN([C@H]3CC[C@H](Oc5ccc(C#N)c(Cl)c5)CC3)C4=O)CC2)CC1. The van der Waals surface area contributed by atoms with Gasteiger partial charge in [-0.15, -0.1) is 0 Å². The summed E-state index contributed by atoms with van der Waals surface area (Å²) in [5.41, 5.74) is 1.53. The lowest BCUT2D eigenvalue weighted by Crippen LogP contribution is -2.45. The monoisotopic (exact) mass is 649 g/mol. The normalized spacial score (nSPS) is 22.8. The number of hydrogen-bond donors (Lipinski definition) is 0. The highest BCUT2D eigenvalue weighted by Gasteiger charge is 2.37. The molecular formula is C35H44ClN5O5. The molecule has 1 aliphatic carbocycles. The molecule has 0 spiro atoms. The molecule has 4 heterocycles. The highest BCUT2D eigenvalue weighted by Crippen LogP contribution is 2.34. The number of carbonyl (C=O) groups excluding carboxylic acids is 2. The summed E-state index contributed by atoms with van der Waals surface area (Å²) >= 11 is 6.17. The van der Waals surface area contributed by atoms with Gasteiger partial charge in [0.05, 0.1) is 46.7 Å². The first kappa shape index (κ1) is 32.4. The number of rotatable bonds is 6. The second kappa shape index (κ2) is 13.7. The zero-order valence-corrected chi connectivity index (χ0v) is 27.8. The zero-order chi connectivity index (χ0) is 32.4. The van der Waals surface area contributed by atoms with Crippen molar-refractivity contribution in [2.75, 3.05) is 31.1 Å². The molecule has 0 N–H and O–H groups in total. The van der Waals surface area contributed by atoms with E-state index in [0.717, 1.165) is 76.0 Å². The molecule has 2 saturated heterocycles. The van der Waals surface area contributed by atoms with Crippen molar-refractivity contribution in [1.82, 2.24) is 14.8 Å². The molecule has 0 atom stereocenters. The highest BCUT2D eigenvalue weighted by molar-refractivity contribution is 6.31. The number of aromatic nitrogens is 1. The number of likely N-dealkylation sites (tertiary alicyclic amines) is 1. The van der Waals surface area contributed by atoms with Gasteiger partial charge in [0.2, 0.25) is 0 Å². The number of hydrogen-bond acceptors (Lipinski definition) is 8. The molecule has 0 unspecified atom stereocenters. The van der Waals surface area contributed by atoms with Crippen molar-refractivity contribution in [3.05, 3.63) is 52.2 Å². The third-order valence-electron chi connectivity index (χ3n) is 9.46. The van der Waals surface area contributed by atoms with Gasteiger partial charge in [-0.3, -0.25) is 4.79 Å². The van der Waals surface area contributed by atoms with E-state index in [2.05, 4.69) is 11.0 Å². The number of anilines is 1. The topological polar surface area (TPSA) is 108 Å². The summed E-state index contributed by atoms with van der Waals surface area (Å²) in [5, 5.41) is 9.50. The molecule has 246 valence electrons. The minimum Gasteiger partial charge on any atom is -0.490 e. The maximum atomic E-state index is 13.4. The number of pyridine rings is 1. The second-order valence-corrected chi connectivity index (χ2v) is 14.3. The summed E-state index contributed by atoms with van der Waals surface area (Å²) in [4.78, 5) is 36.8. The van der Waals surface area contributed by atoms with Crippen molar-refractivity contribution in [2.45, 2.75) is 109 Å². The van der Waals surface area contributed by atoms with E-state index in [9.17, 15) is 9.59 Å². The predicted molar refractivity (Wildman–Crippen MR) is 174 cm³/mol. The zero-order valence-electron chi connectivity index (χ0n) is 27.0. The van der Waals surface area contributed by atoms with Crippen LogP contribution in [0.2, 0.25) is 5.02 Å². The maximum absolute atomic E-state index is 13.4. The van der Waals surface area contributed by atoms with E-state index >= 15 is 0 Å². The van der Waals surface area contributed by atoms with Crippen LogP contribution in [-0.4, -0.2) is 82.9 Å². The number of ether oxygens (including phenoxy) is 3. The van der Waals surface area contributed by atoms with Gasteiger partial charge >= 0.3 is 6.09 Å². The quantitative estimate of drug-likeness (QED) is 0.357. The Labute approximate surface area is 276 Å². The van der Waals surface area contributed by atoms with Crippen LogP contribution in [0.3, 0.4) is 0 Å². The number of benzene rings is 1. The van der Waals surface area contributed by atoms with E-state index in [4.69, 9.17) is 36.1 Å². The summed E-state index contributed by atoms with van der Waals surface area (Å²) in [6.45, 7) is 9.27. The fourth-order valence-electron chi connectivity index (χ4n) is 6.99. The molecule has 3 aliphatic heterocycles. The van der Waals surface area contributed by atoms with Crippen molar-refractivity contribution >= 4 is 29.4 Å². The lowest BCUT2D eigenvalue weighted by Gasteiger charge is -2.37. The molecule has 3 fully saturated rings. The minimum atomic E-state index is -0.484. The number of nitrogens with zero attached hydrogens (tertiary/aromatic N) is 5. The maximum Gasteiger partial charge on any atom is 0.410 e. The van der Waals surface area contributed by atoms with Crippen LogP contribution in [0.25, 0.3) is 0 Å². The van der Waals surface area contributed by atoms with Crippen LogP contribution in [-0.2, 0) is 16.0 Å². The molecule has 0 bridgehead atoms. The number of halogens is 1. The second-order valence-electron chi connectivity index (χ2n) is 13.9. The van der Waals surface area contributed by atoms with Gasteiger partial charge in [-0.25, -0.2) is 9.78 Å². The molecule has 0 radical (unpaired) electrons. The van der Waals surface area contributed by atoms with E-state index in [0.29, 0.717) is 41.5 Å². The first-order valence-corrected chi connectivity index (χ1v) is 17.0. The lowest BCUT2D eigenvalue weighted by atomic mass is 9.92. The lowest BCUT2D eigenvalue weighted by molar-refractivity contribution is -0.0536. The van der Waals surface area contributed by atoms with Gasteiger partial charge in [-0.05, 0) is 96.4 Å². The van der Waals surface area contributed by atoms with Gasteiger partial charge in [0, 0.05) is 38.3 Å². The van der Waals surface area contributed by atoms with Gasteiger partial charge in [0.15, 0.2) is 0 Å². The van der Waals surface area contributed by atoms with Gasteiger partial charge in [-0.1, -0.05) is 11.6 Å². The minimum absolute atomic E-state index is 0.0574. The fourth-order valence-corrected chi connectivity index (χ4v) is 7.20. The molecule has 6 rings (SSSR count). The standard InChI is InChI=1S/C35H44ClN5O5/c1-35(2,3)46-34(43)40-18-14-27(15-19-40)44-26-12-16-39(17-13-26)32-11-10-29-31(38-32)22-41(33(29)42)24-5-8-25(9-6-24)45-28-7-4-23(21-37)30(36)20-28/h4,7,10-11,20,24-27H,5-6,8-9,12-19,22H2,1-3H3/t24-,25-. The van der Waals surface area contributed by atoms with Crippen molar-refractivity contribution in [3.63, 3.8) is 0 Å². The fraction of sp³-hybridized carbons (Fsp3) is 0.600. The smallest absolute Gasteiger partial charge is 0.410 e. The highest BCUT2D eigenvalue weighted by atomic mass is 35.5. The summed E-state index contributed by atoms with van der Waals surface area (Å²) < 4.78 is 18.1. The van der Waals surface area contributed by atoms with Crippen LogP contribution in [0.15, 0.2) is 30.3 Å². The first-order valence-electron chi connectivity index (χ1n) is 16.6. The third-order valence-corrected chi connectivity index (χ3v) is 9.78. The van der Waals surface area contributed by atoms with Crippen molar-refractivity contribution in [1.29, 1.82) is 5.26 Å². The average molecular weight is 650 g/mol. The number of fused-ring (bicyclic) bond motifs is 1. The Bertz CT molecular complexity index is 1460. The van der Waals surface area contributed by atoms with Gasteiger partial charge in [0.1, 0.15) is 23.2 Å². The molecule has 11 heteroatoms. The first-order chi connectivity index (χ1) is 22.1. The number of nitriles is 1. The summed E-state index contributed by atoms with van der Waals surface area (Å²) in [6, 6.07) is 11.3. The number of carbonyl (C=O) groups is 2. The molecule has 46 heavy (non-hydrogen) atoms. The summed E-state index contributed by atoms with van der Waals surface area (Å²) in [7, 11) is 0. The van der Waals surface area contributed by atoms with Gasteiger partial charge < -0.3 is 28.9 Å². The Hall–Kier alpha value is -3.55. The third kappa shape index (κ3) is 7.53. The van der Waals surface area contributed by atoms with Crippen LogP contribution in [0.4, 0.5) is 10.6 Å². The van der Waals surface area contributed by atoms with E-state index < -0.39 is 5.60 Å². The Morgan fingerprint density at radius 1 is 0.935 bits per heavy atom. The predicted octanol–water partition coefficient (Wildman–Crippen LogP) is 6.34. The molecule has 2 aromatic rings. The molecule has 1 saturated carbocycles. The molecular weight excluding hydrogens is 606 g/mol.